The van der Waals surface area contributed by atoms with E-state index in [1.165, 1.54) is 90.5 Å². The lowest BCUT2D eigenvalue weighted by Crippen LogP contribution is -2.40. The van der Waals surface area contributed by atoms with Crippen molar-refractivity contribution in [2.75, 3.05) is 13.2 Å². The number of rotatable bonds is 22. The molecule has 12 rings (SSSR count). The van der Waals surface area contributed by atoms with E-state index < -0.39 is 35.2 Å². The van der Waals surface area contributed by atoms with Crippen molar-refractivity contribution >= 4 is 126 Å². The van der Waals surface area contributed by atoms with Crippen molar-refractivity contribution in [3.05, 3.63) is 166 Å². The molecule has 0 bridgehead atoms. The fraction of sp³-hybridized carbons (Fsp3) is 0.278. The van der Waals surface area contributed by atoms with Crippen LogP contribution in [0.4, 0.5) is 9.59 Å². The number of nitrogens with zero attached hydrogens (tertiary/aromatic N) is 2. The van der Waals surface area contributed by atoms with Crippen LogP contribution in [0.3, 0.4) is 0 Å². The molecule has 0 spiro atoms. The monoisotopic (exact) mass is 1340 g/mol. The summed E-state index contributed by atoms with van der Waals surface area (Å²) in [5, 5.41) is 0. The summed E-state index contributed by atoms with van der Waals surface area (Å²) in [5.41, 5.74) is 0.339. The number of hydrogen-bond donors (Lipinski definition) is 0. The summed E-state index contributed by atoms with van der Waals surface area (Å²) >= 11 is 13.0. The van der Waals surface area contributed by atoms with Crippen molar-refractivity contribution < 1.29 is 38.1 Å². The summed E-state index contributed by atoms with van der Waals surface area (Å²) < 4.78 is 23.8. The average molecular weight is 1350 g/mol. The average Bonchev–Trinajstić information content (AvgIpc) is 1.55. The molecule has 18 heteroatoms. The summed E-state index contributed by atoms with van der Waals surface area (Å²) in [6.07, 6.45) is 7.53. The molecule has 0 N–H and O–H groups in total. The predicted octanol–water partition coefficient (Wildman–Crippen LogP) is 23.1. The smallest absolute Gasteiger partial charge is 0.422 e. The van der Waals surface area contributed by atoms with Crippen molar-refractivity contribution in [2.45, 2.75) is 118 Å². The topological polar surface area (TPSA) is 112 Å². The molecule has 90 heavy (non-hydrogen) atoms. The molecule has 462 valence electrons. The van der Waals surface area contributed by atoms with Crippen LogP contribution in [0, 0.1) is 0 Å². The molecule has 0 saturated carbocycles. The van der Waals surface area contributed by atoms with Crippen LogP contribution in [0.15, 0.2) is 157 Å². The molecular weight excluding hydrogens is 1280 g/mol. The fourth-order valence-corrected chi connectivity index (χ4v) is 19.1. The fourth-order valence-electron chi connectivity index (χ4n) is 10.5. The van der Waals surface area contributed by atoms with Crippen molar-refractivity contribution in [1.29, 1.82) is 0 Å². The summed E-state index contributed by atoms with van der Waals surface area (Å²) in [6, 6.07) is 50.0. The van der Waals surface area contributed by atoms with E-state index >= 15 is 9.59 Å². The molecule has 10 heterocycles. The van der Waals surface area contributed by atoms with Crippen molar-refractivity contribution in [3.8, 4) is 90.9 Å². The molecule has 10 aromatic rings. The molecule has 0 atom stereocenters. The number of imide groups is 2. The Morgan fingerprint density at radius 2 is 0.578 bits per heavy atom. The van der Waals surface area contributed by atoms with E-state index in [9.17, 15) is 9.59 Å². The molecule has 0 saturated heterocycles. The van der Waals surface area contributed by atoms with Gasteiger partial charge in [0.1, 0.15) is 22.7 Å². The normalized spacial score (nSPS) is 13.6. The third kappa shape index (κ3) is 13.9. The standard InChI is InChI=1S/C72H68N2O8S8/c1-9-11-13-15-41-79-45-21-17-43(18-22-45)47-25-27-49(83-47)51-29-31-53(85-51)55-33-35-57(87-55)59-37-39-61(89-59)65-63-64(68(76)73(65)69(77)81-71(3,4)5)66(74(67(63)75)70(78)82-72(6,7)8)62-40-38-60(90-62)58-36-34-56(88-58)54-32-30-52(86-54)50-28-26-48(84-50)44-19-23-46(24-20-44)80-42-16-14-12-10-2/h17-40H,9-16,41-42H2,1-8H3. The first-order chi connectivity index (χ1) is 43.4. The number of thiophene rings is 8. The van der Waals surface area contributed by atoms with Gasteiger partial charge in [-0.1, -0.05) is 52.4 Å². The second kappa shape index (κ2) is 27.1. The predicted molar refractivity (Wildman–Crippen MR) is 379 cm³/mol. The van der Waals surface area contributed by atoms with Gasteiger partial charge in [-0.2, -0.15) is 0 Å². The Morgan fingerprint density at radius 1 is 0.333 bits per heavy atom. The third-order valence-electron chi connectivity index (χ3n) is 14.7. The Balaban J connectivity index is 0.803. The number of carbonyl (C=O) groups is 4. The summed E-state index contributed by atoms with van der Waals surface area (Å²) in [6.45, 7) is 16.3. The highest BCUT2D eigenvalue weighted by Crippen LogP contribution is 2.53. The Hall–Kier alpha value is -7.00. The molecule has 0 aliphatic carbocycles. The molecule has 2 aromatic carbocycles. The SMILES string of the molecule is CCCCCCOc1ccc(-c2ccc(-c3ccc(-c4ccc(-c5ccc(C6=C7C(=O)N(C(=O)OC(C)(C)C)C(c8ccc(-c9ccc(-c%10ccc(-c%11ccc(-c%12ccc(OCCCCCC)cc%12)s%11)s%10)s9)s8)=C7C(=O)N6C(=O)OC(C)(C)C)s5)s4)s3)s2)cc1. The van der Waals surface area contributed by atoms with E-state index in [-0.39, 0.29) is 22.5 Å². The van der Waals surface area contributed by atoms with Gasteiger partial charge in [-0.05, 0) is 211 Å². The maximum atomic E-state index is 15.3. The Morgan fingerprint density at radius 3 is 0.844 bits per heavy atom. The van der Waals surface area contributed by atoms with Gasteiger partial charge in [0.2, 0.25) is 0 Å². The second-order valence-corrected chi connectivity index (χ2v) is 32.5. The molecule has 0 fully saturated rings. The van der Waals surface area contributed by atoms with Crippen molar-refractivity contribution in [2.24, 2.45) is 0 Å². The Labute approximate surface area is 558 Å². The number of fused-ring (bicyclic) bond motifs is 1. The number of unbranched alkanes of at least 4 members (excludes halogenated alkanes) is 6. The zero-order valence-corrected chi connectivity index (χ0v) is 57.9. The first-order valence-corrected chi connectivity index (χ1v) is 36.9. The van der Waals surface area contributed by atoms with Crippen LogP contribution in [-0.2, 0) is 19.1 Å². The van der Waals surface area contributed by atoms with Gasteiger partial charge in [0.25, 0.3) is 11.8 Å². The Bertz CT molecular complexity index is 4030. The van der Waals surface area contributed by atoms with Crippen molar-refractivity contribution in [1.82, 2.24) is 9.80 Å². The van der Waals surface area contributed by atoms with Gasteiger partial charge in [0.05, 0.1) is 45.5 Å². The Kier molecular flexibility index (Phi) is 19.0. The van der Waals surface area contributed by atoms with Crippen LogP contribution < -0.4 is 9.47 Å². The van der Waals surface area contributed by atoms with Crippen LogP contribution in [0.25, 0.3) is 90.8 Å². The first-order valence-electron chi connectivity index (χ1n) is 30.3. The molecule has 2 aliphatic rings. The summed E-state index contributed by atoms with van der Waals surface area (Å²) in [5.74, 6) is 0.256. The van der Waals surface area contributed by atoms with E-state index in [1.807, 2.05) is 24.3 Å². The van der Waals surface area contributed by atoms with Crippen LogP contribution in [0.5, 0.6) is 11.5 Å². The van der Waals surface area contributed by atoms with Gasteiger partial charge < -0.3 is 18.9 Å². The van der Waals surface area contributed by atoms with Crippen LogP contribution in [0.1, 0.15) is 117 Å². The third-order valence-corrected chi connectivity index (χ3v) is 24.7. The number of ether oxygens (including phenoxy) is 4. The lowest BCUT2D eigenvalue weighted by Gasteiger charge is -2.27. The molecule has 2 aliphatic heterocycles. The zero-order chi connectivity index (χ0) is 62.8. The molecule has 10 nitrogen and oxygen atoms in total. The lowest BCUT2D eigenvalue weighted by atomic mass is 10.1. The quantitative estimate of drug-likeness (QED) is 0.0617. The van der Waals surface area contributed by atoms with Crippen LogP contribution in [0.2, 0.25) is 0 Å². The second-order valence-electron chi connectivity index (χ2n) is 23.9. The highest BCUT2D eigenvalue weighted by atomic mass is 32.1. The van der Waals surface area contributed by atoms with Gasteiger partial charge in [-0.3, -0.25) is 9.59 Å². The van der Waals surface area contributed by atoms with Gasteiger partial charge >= 0.3 is 12.2 Å². The minimum Gasteiger partial charge on any atom is -0.494 e. The molecular formula is C72H68N2O8S8. The number of carbonyl (C=O) groups excluding carboxylic acids is 4. The zero-order valence-electron chi connectivity index (χ0n) is 51.4. The maximum Gasteiger partial charge on any atom is 0.422 e. The molecule has 4 amide bonds. The van der Waals surface area contributed by atoms with Crippen molar-refractivity contribution in [3.63, 3.8) is 0 Å². The van der Waals surface area contributed by atoms with E-state index in [0.29, 0.717) is 9.75 Å². The first kappa shape index (κ1) is 63.2. The van der Waals surface area contributed by atoms with E-state index in [0.717, 1.165) is 97.5 Å². The number of amides is 4. The number of hydrogen-bond acceptors (Lipinski definition) is 16. The maximum absolute atomic E-state index is 15.3. The van der Waals surface area contributed by atoms with Gasteiger partial charge in [0, 0.05) is 68.3 Å². The minimum atomic E-state index is -0.984. The van der Waals surface area contributed by atoms with Crippen LogP contribution >= 0.6 is 90.7 Å². The van der Waals surface area contributed by atoms with E-state index in [4.69, 9.17) is 18.9 Å². The highest BCUT2D eigenvalue weighted by molar-refractivity contribution is 7.30. The van der Waals surface area contributed by atoms with E-state index in [2.05, 4.69) is 135 Å². The molecule has 8 aromatic heterocycles. The largest absolute Gasteiger partial charge is 0.494 e. The van der Waals surface area contributed by atoms with E-state index in [1.54, 1.807) is 110 Å². The highest BCUT2D eigenvalue weighted by Gasteiger charge is 2.55. The van der Waals surface area contributed by atoms with Gasteiger partial charge in [-0.25, -0.2) is 19.4 Å². The van der Waals surface area contributed by atoms with Gasteiger partial charge in [-0.15, -0.1) is 90.7 Å². The number of benzene rings is 2. The molecule has 0 radical (unpaired) electrons. The minimum absolute atomic E-state index is 0.0625. The molecule has 0 unspecified atom stereocenters. The van der Waals surface area contributed by atoms with Gasteiger partial charge in [0.15, 0.2) is 0 Å². The summed E-state index contributed by atoms with van der Waals surface area (Å²) in [7, 11) is 0. The lowest BCUT2D eigenvalue weighted by molar-refractivity contribution is -0.123. The summed E-state index contributed by atoms with van der Waals surface area (Å²) in [4.78, 5) is 77.6. The van der Waals surface area contributed by atoms with Crippen LogP contribution in [-0.4, -0.2) is 58.2 Å².